The third-order valence-electron chi connectivity index (χ3n) is 5.00. The van der Waals surface area contributed by atoms with E-state index in [0.29, 0.717) is 47.1 Å². The third kappa shape index (κ3) is 5.26. The quantitative estimate of drug-likeness (QED) is 0.484. The highest BCUT2D eigenvalue weighted by molar-refractivity contribution is 9.10. The van der Waals surface area contributed by atoms with E-state index >= 15 is 0 Å². The SMILES string of the molecule is CCn1c(C(C)N(CCOC)C(=O)Nc2ccc(Br)cc2)nc2ccc(Cl)cc2c1=O. The molecule has 0 spiro atoms. The van der Waals surface area contributed by atoms with Crippen molar-refractivity contribution < 1.29 is 9.53 Å². The second kappa shape index (κ2) is 10.3. The summed E-state index contributed by atoms with van der Waals surface area (Å²) in [6.45, 7) is 4.82. The fraction of sp³-hybridized carbons (Fsp3) is 0.318. The molecule has 0 fully saturated rings. The summed E-state index contributed by atoms with van der Waals surface area (Å²) in [4.78, 5) is 32.5. The number of anilines is 1. The molecule has 0 saturated heterocycles. The maximum Gasteiger partial charge on any atom is 0.322 e. The van der Waals surface area contributed by atoms with Crippen LogP contribution in [0.25, 0.3) is 10.9 Å². The van der Waals surface area contributed by atoms with Gasteiger partial charge in [0.25, 0.3) is 5.56 Å². The van der Waals surface area contributed by atoms with Crippen molar-refractivity contribution in [2.45, 2.75) is 26.4 Å². The van der Waals surface area contributed by atoms with Gasteiger partial charge in [-0.25, -0.2) is 9.78 Å². The van der Waals surface area contributed by atoms with Crippen LogP contribution < -0.4 is 10.9 Å². The highest BCUT2D eigenvalue weighted by Gasteiger charge is 2.26. The van der Waals surface area contributed by atoms with Gasteiger partial charge in [-0.05, 0) is 56.3 Å². The van der Waals surface area contributed by atoms with Gasteiger partial charge < -0.3 is 15.0 Å². The summed E-state index contributed by atoms with van der Waals surface area (Å²) in [5.74, 6) is 0.504. The van der Waals surface area contributed by atoms with Gasteiger partial charge >= 0.3 is 6.03 Å². The van der Waals surface area contributed by atoms with Crippen molar-refractivity contribution in [3.05, 3.63) is 68.1 Å². The zero-order chi connectivity index (χ0) is 22.5. The number of halogens is 2. The van der Waals surface area contributed by atoms with E-state index in [2.05, 4.69) is 21.2 Å². The summed E-state index contributed by atoms with van der Waals surface area (Å²) in [6.07, 6.45) is 0. The van der Waals surface area contributed by atoms with Gasteiger partial charge in [0.15, 0.2) is 0 Å². The molecule has 0 aliphatic heterocycles. The van der Waals surface area contributed by atoms with Crippen molar-refractivity contribution in [2.75, 3.05) is 25.6 Å². The second-order valence-corrected chi connectivity index (χ2v) is 8.33. The molecule has 0 bridgehead atoms. The van der Waals surface area contributed by atoms with Crippen LogP contribution in [-0.4, -0.2) is 40.7 Å². The summed E-state index contributed by atoms with van der Waals surface area (Å²) in [5, 5.41) is 3.83. The molecule has 164 valence electrons. The lowest BCUT2D eigenvalue weighted by atomic mass is 10.2. The van der Waals surface area contributed by atoms with E-state index in [-0.39, 0.29) is 11.6 Å². The third-order valence-corrected chi connectivity index (χ3v) is 5.76. The van der Waals surface area contributed by atoms with Crippen LogP contribution in [0.2, 0.25) is 5.02 Å². The van der Waals surface area contributed by atoms with Crippen LogP contribution in [0.5, 0.6) is 0 Å². The van der Waals surface area contributed by atoms with Crippen molar-refractivity contribution in [1.29, 1.82) is 0 Å². The van der Waals surface area contributed by atoms with Gasteiger partial charge in [0.2, 0.25) is 0 Å². The number of hydrogen-bond donors (Lipinski definition) is 1. The minimum Gasteiger partial charge on any atom is -0.383 e. The summed E-state index contributed by atoms with van der Waals surface area (Å²) >= 11 is 9.46. The average molecular weight is 508 g/mol. The van der Waals surface area contributed by atoms with Gasteiger partial charge in [-0.3, -0.25) is 9.36 Å². The summed E-state index contributed by atoms with van der Waals surface area (Å²) < 4.78 is 7.71. The number of amides is 2. The van der Waals surface area contributed by atoms with Crippen molar-refractivity contribution in [3.63, 3.8) is 0 Å². The number of fused-ring (bicyclic) bond motifs is 1. The van der Waals surface area contributed by atoms with Crippen LogP contribution in [0.3, 0.4) is 0 Å². The molecule has 0 aliphatic carbocycles. The molecule has 1 unspecified atom stereocenters. The molecule has 0 aliphatic rings. The van der Waals surface area contributed by atoms with Gasteiger partial charge in [-0.1, -0.05) is 27.5 Å². The first-order valence-corrected chi connectivity index (χ1v) is 11.0. The molecular weight excluding hydrogens is 484 g/mol. The number of nitrogens with zero attached hydrogens (tertiary/aromatic N) is 3. The molecule has 3 aromatic rings. The zero-order valence-corrected chi connectivity index (χ0v) is 19.9. The number of benzene rings is 2. The predicted molar refractivity (Wildman–Crippen MR) is 127 cm³/mol. The molecule has 2 aromatic carbocycles. The lowest BCUT2D eigenvalue weighted by Gasteiger charge is -2.30. The van der Waals surface area contributed by atoms with Crippen LogP contribution in [0.1, 0.15) is 25.7 Å². The topological polar surface area (TPSA) is 76.5 Å². The van der Waals surface area contributed by atoms with Crippen molar-refractivity contribution >= 4 is 50.2 Å². The smallest absolute Gasteiger partial charge is 0.322 e. The maximum absolute atomic E-state index is 13.1. The largest absolute Gasteiger partial charge is 0.383 e. The lowest BCUT2D eigenvalue weighted by Crippen LogP contribution is -2.41. The van der Waals surface area contributed by atoms with E-state index in [1.54, 1.807) is 46.9 Å². The molecule has 0 radical (unpaired) electrons. The number of ether oxygens (including phenoxy) is 1. The molecule has 2 amide bonds. The first-order chi connectivity index (χ1) is 14.8. The van der Waals surface area contributed by atoms with Crippen LogP contribution in [-0.2, 0) is 11.3 Å². The number of aromatic nitrogens is 2. The van der Waals surface area contributed by atoms with Gasteiger partial charge in [0.1, 0.15) is 5.82 Å². The fourth-order valence-corrected chi connectivity index (χ4v) is 3.80. The van der Waals surface area contributed by atoms with Crippen LogP contribution in [0.4, 0.5) is 10.5 Å². The summed E-state index contributed by atoms with van der Waals surface area (Å²) in [7, 11) is 1.58. The van der Waals surface area contributed by atoms with Crippen LogP contribution in [0, 0.1) is 0 Å². The molecule has 1 heterocycles. The summed E-state index contributed by atoms with van der Waals surface area (Å²) in [5.41, 5.74) is 1.02. The molecule has 7 nitrogen and oxygen atoms in total. The molecule has 1 N–H and O–H groups in total. The van der Waals surface area contributed by atoms with Gasteiger partial charge in [-0.15, -0.1) is 0 Å². The highest BCUT2D eigenvalue weighted by Crippen LogP contribution is 2.23. The number of nitrogens with one attached hydrogen (secondary N) is 1. The molecule has 0 saturated carbocycles. The highest BCUT2D eigenvalue weighted by atomic mass is 79.9. The van der Waals surface area contributed by atoms with Gasteiger partial charge in [0.05, 0.1) is 23.6 Å². The van der Waals surface area contributed by atoms with E-state index in [1.165, 1.54) is 0 Å². The minimum atomic E-state index is -0.474. The van der Waals surface area contributed by atoms with E-state index in [9.17, 15) is 9.59 Å². The summed E-state index contributed by atoms with van der Waals surface area (Å²) in [6, 6.07) is 11.6. The van der Waals surface area contributed by atoms with Crippen molar-refractivity contribution in [3.8, 4) is 0 Å². The average Bonchev–Trinajstić information content (AvgIpc) is 2.75. The first-order valence-electron chi connectivity index (χ1n) is 9.87. The van der Waals surface area contributed by atoms with Crippen LogP contribution >= 0.6 is 27.5 Å². The molecule has 3 rings (SSSR count). The number of hydrogen-bond acceptors (Lipinski definition) is 4. The van der Waals surface area contributed by atoms with Gasteiger partial charge in [0, 0.05) is 35.4 Å². The normalized spacial score (nSPS) is 12.0. The maximum atomic E-state index is 13.1. The number of urea groups is 1. The van der Waals surface area contributed by atoms with Crippen LogP contribution in [0.15, 0.2) is 51.7 Å². The predicted octanol–water partition coefficient (Wildman–Crippen LogP) is 5.07. The van der Waals surface area contributed by atoms with Gasteiger partial charge in [-0.2, -0.15) is 0 Å². The standard InChI is InChI=1S/C22H24BrClN4O3/c1-4-27-20(26-19-10-7-16(24)13-18(19)21(27)29)14(2)28(11-12-31-3)22(30)25-17-8-5-15(23)6-9-17/h5-10,13-14H,4,11-12H2,1-3H3,(H,25,30). The Bertz CT molecular complexity index is 1130. The monoisotopic (exact) mass is 506 g/mol. The van der Waals surface area contributed by atoms with Crippen molar-refractivity contribution in [1.82, 2.24) is 14.5 Å². The minimum absolute atomic E-state index is 0.183. The Kier molecular flexibility index (Phi) is 7.69. The van der Waals surface area contributed by atoms with E-state index < -0.39 is 6.04 Å². The number of carbonyl (C=O) groups is 1. The molecule has 1 aromatic heterocycles. The molecular formula is C22H24BrClN4O3. The Morgan fingerprint density at radius 3 is 2.65 bits per heavy atom. The second-order valence-electron chi connectivity index (χ2n) is 6.98. The number of methoxy groups -OCH3 is 1. The Hall–Kier alpha value is -2.42. The Morgan fingerprint density at radius 1 is 1.29 bits per heavy atom. The number of rotatable bonds is 7. The Morgan fingerprint density at radius 2 is 2.00 bits per heavy atom. The number of carbonyl (C=O) groups excluding carboxylic acids is 1. The first kappa shape index (κ1) is 23.2. The Balaban J connectivity index is 2.00. The Labute approximate surface area is 194 Å². The molecule has 31 heavy (non-hydrogen) atoms. The zero-order valence-electron chi connectivity index (χ0n) is 17.6. The lowest BCUT2D eigenvalue weighted by molar-refractivity contribution is 0.136. The van der Waals surface area contributed by atoms with E-state index in [4.69, 9.17) is 21.3 Å². The van der Waals surface area contributed by atoms with E-state index in [1.807, 2.05) is 26.0 Å². The van der Waals surface area contributed by atoms with E-state index in [0.717, 1.165) is 4.47 Å². The molecule has 1 atom stereocenters. The fourth-order valence-electron chi connectivity index (χ4n) is 3.36. The molecule has 9 heteroatoms. The van der Waals surface area contributed by atoms with Crippen molar-refractivity contribution in [2.24, 2.45) is 0 Å².